The van der Waals surface area contributed by atoms with E-state index in [1.807, 2.05) is 0 Å². The largest absolute Gasteiger partial charge is 0.504 e. The van der Waals surface area contributed by atoms with Crippen LogP contribution in [0.15, 0.2) is 36.4 Å². The van der Waals surface area contributed by atoms with Gasteiger partial charge in [-0.3, -0.25) is 4.79 Å². The first-order chi connectivity index (χ1) is 11.0. The van der Waals surface area contributed by atoms with E-state index in [1.165, 1.54) is 50.6 Å². The Balaban J connectivity index is 2.16. The lowest BCUT2D eigenvalue weighted by atomic mass is 9.99. The Hall–Kier alpha value is -2.73. The van der Waals surface area contributed by atoms with Crippen LogP contribution in [0, 0.1) is 0 Å². The zero-order valence-electron chi connectivity index (χ0n) is 12.8. The average Bonchev–Trinajstić information content (AvgIpc) is 2.55. The van der Waals surface area contributed by atoms with Gasteiger partial charge in [0.2, 0.25) is 0 Å². The zero-order valence-corrected chi connectivity index (χ0v) is 12.8. The highest BCUT2D eigenvalue weighted by molar-refractivity contribution is 5.97. The first-order valence-electron chi connectivity index (χ1n) is 6.91. The van der Waals surface area contributed by atoms with E-state index >= 15 is 0 Å². The summed E-state index contributed by atoms with van der Waals surface area (Å²) in [6.07, 6.45) is -1.20. The maximum Gasteiger partial charge on any atom is 0.165 e. The minimum atomic E-state index is -1.04. The molecule has 0 radical (unpaired) electrons. The summed E-state index contributed by atoms with van der Waals surface area (Å²) in [5.41, 5.74) is 0.781. The van der Waals surface area contributed by atoms with E-state index in [-0.39, 0.29) is 35.2 Å². The number of carbonyl (C=O) groups is 1. The van der Waals surface area contributed by atoms with Gasteiger partial charge < -0.3 is 24.8 Å². The molecule has 1 atom stereocenters. The molecule has 122 valence electrons. The Bertz CT molecular complexity index is 710. The molecule has 0 saturated heterocycles. The van der Waals surface area contributed by atoms with E-state index in [0.717, 1.165) is 0 Å². The van der Waals surface area contributed by atoms with Crippen LogP contribution in [0.1, 0.15) is 28.4 Å². The predicted molar refractivity (Wildman–Crippen MR) is 83.2 cm³/mol. The number of carbonyl (C=O) groups excluding carboxylic acids is 1. The van der Waals surface area contributed by atoms with Crippen LogP contribution < -0.4 is 9.47 Å². The van der Waals surface area contributed by atoms with Gasteiger partial charge in [-0.25, -0.2) is 0 Å². The summed E-state index contributed by atoms with van der Waals surface area (Å²) in [6.45, 7) is 0. The second-order valence-electron chi connectivity index (χ2n) is 4.96. The quantitative estimate of drug-likeness (QED) is 0.708. The summed E-state index contributed by atoms with van der Waals surface area (Å²) in [5.74, 6) is 0.00528. The smallest absolute Gasteiger partial charge is 0.165 e. The molecule has 0 amide bonds. The number of hydrogen-bond donors (Lipinski definition) is 3. The highest BCUT2D eigenvalue weighted by Gasteiger charge is 2.17. The summed E-state index contributed by atoms with van der Waals surface area (Å²) in [5, 5.41) is 29.3. The van der Waals surface area contributed by atoms with Crippen molar-refractivity contribution in [1.29, 1.82) is 0 Å². The lowest BCUT2D eigenvalue weighted by Crippen LogP contribution is -2.07. The molecular weight excluding hydrogens is 300 g/mol. The van der Waals surface area contributed by atoms with Gasteiger partial charge in [0.25, 0.3) is 0 Å². The molecule has 1 unspecified atom stereocenters. The van der Waals surface area contributed by atoms with Crippen LogP contribution in [0.3, 0.4) is 0 Å². The number of benzene rings is 2. The van der Waals surface area contributed by atoms with Crippen molar-refractivity contribution in [3.05, 3.63) is 47.5 Å². The van der Waals surface area contributed by atoms with Crippen molar-refractivity contribution in [1.82, 2.24) is 0 Å². The molecule has 2 rings (SSSR count). The molecule has 2 aromatic rings. The number of phenolic OH excluding ortho intramolecular Hbond substituents is 2. The van der Waals surface area contributed by atoms with Gasteiger partial charge in [-0.1, -0.05) is 6.07 Å². The van der Waals surface area contributed by atoms with Crippen molar-refractivity contribution >= 4 is 5.78 Å². The molecule has 0 spiro atoms. The third kappa shape index (κ3) is 3.73. The SMILES string of the molecule is COc1cc(C(=O)CC(O)c2ccc(O)c(OC)c2)ccc1O. The highest BCUT2D eigenvalue weighted by Crippen LogP contribution is 2.31. The normalized spacial score (nSPS) is 11.8. The van der Waals surface area contributed by atoms with Crippen LogP contribution in [0.25, 0.3) is 0 Å². The maximum atomic E-state index is 12.3. The summed E-state index contributed by atoms with van der Waals surface area (Å²) >= 11 is 0. The lowest BCUT2D eigenvalue weighted by molar-refractivity contribution is 0.0879. The van der Waals surface area contributed by atoms with E-state index in [1.54, 1.807) is 0 Å². The van der Waals surface area contributed by atoms with Gasteiger partial charge in [0.05, 0.1) is 20.3 Å². The van der Waals surface area contributed by atoms with Gasteiger partial charge in [-0.15, -0.1) is 0 Å². The second-order valence-corrected chi connectivity index (χ2v) is 4.96. The number of hydrogen-bond acceptors (Lipinski definition) is 6. The van der Waals surface area contributed by atoms with Crippen molar-refractivity contribution in [2.45, 2.75) is 12.5 Å². The molecule has 6 heteroatoms. The summed E-state index contributed by atoms with van der Waals surface area (Å²) in [7, 11) is 2.79. The number of aliphatic hydroxyl groups is 1. The fourth-order valence-corrected chi connectivity index (χ4v) is 2.16. The fourth-order valence-electron chi connectivity index (χ4n) is 2.16. The molecule has 2 aromatic carbocycles. The Labute approximate surface area is 133 Å². The first kappa shape index (κ1) is 16.6. The number of ketones is 1. The number of Topliss-reactive ketones (excluding diaryl/α,β-unsaturated/α-hetero) is 1. The van der Waals surface area contributed by atoms with Crippen molar-refractivity contribution in [2.75, 3.05) is 14.2 Å². The number of methoxy groups -OCH3 is 2. The lowest BCUT2D eigenvalue weighted by Gasteiger charge is -2.13. The topological polar surface area (TPSA) is 96.2 Å². The van der Waals surface area contributed by atoms with E-state index in [4.69, 9.17) is 9.47 Å². The molecule has 0 aliphatic rings. The minimum absolute atomic E-state index is 0.0435. The van der Waals surface area contributed by atoms with Gasteiger partial charge in [0, 0.05) is 12.0 Å². The van der Waals surface area contributed by atoms with E-state index in [9.17, 15) is 20.1 Å². The Kier molecular flexibility index (Phi) is 5.08. The third-order valence-electron chi connectivity index (χ3n) is 3.47. The van der Waals surface area contributed by atoms with Crippen LogP contribution in [0.4, 0.5) is 0 Å². The van der Waals surface area contributed by atoms with E-state index in [0.29, 0.717) is 11.1 Å². The number of phenols is 2. The number of aliphatic hydroxyl groups excluding tert-OH is 1. The average molecular weight is 318 g/mol. The Morgan fingerprint density at radius 1 is 1.00 bits per heavy atom. The van der Waals surface area contributed by atoms with E-state index in [2.05, 4.69) is 0 Å². The van der Waals surface area contributed by atoms with Crippen molar-refractivity contribution in [2.24, 2.45) is 0 Å². The molecule has 0 fully saturated rings. The number of aromatic hydroxyl groups is 2. The predicted octanol–water partition coefficient (Wildman–Crippen LogP) is 2.42. The molecule has 0 heterocycles. The molecule has 6 nitrogen and oxygen atoms in total. The van der Waals surface area contributed by atoms with Crippen molar-refractivity contribution in [3.8, 4) is 23.0 Å². The van der Waals surface area contributed by atoms with Crippen LogP contribution in [0.2, 0.25) is 0 Å². The van der Waals surface area contributed by atoms with Gasteiger partial charge >= 0.3 is 0 Å². The van der Waals surface area contributed by atoms with Crippen LogP contribution in [-0.2, 0) is 0 Å². The summed E-state index contributed by atoms with van der Waals surface area (Å²) in [4.78, 5) is 12.3. The number of rotatable bonds is 6. The second kappa shape index (κ2) is 7.02. The van der Waals surface area contributed by atoms with Crippen LogP contribution in [-0.4, -0.2) is 35.3 Å². The summed E-state index contributed by atoms with van der Waals surface area (Å²) < 4.78 is 9.94. The molecule has 0 bridgehead atoms. The molecule has 23 heavy (non-hydrogen) atoms. The van der Waals surface area contributed by atoms with Gasteiger partial charge in [-0.2, -0.15) is 0 Å². The van der Waals surface area contributed by atoms with Gasteiger partial charge in [-0.05, 0) is 35.9 Å². The van der Waals surface area contributed by atoms with Crippen LogP contribution in [0.5, 0.6) is 23.0 Å². The minimum Gasteiger partial charge on any atom is -0.504 e. The highest BCUT2D eigenvalue weighted by atomic mass is 16.5. The standard InChI is InChI=1S/C17H18O6/c1-22-16-7-10(3-5-12(16)18)14(20)9-15(21)11-4-6-13(19)17(8-11)23-2/h3-8,14,18-20H,9H2,1-2H3. The molecule has 3 N–H and O–H groups in total. The van der Waals surface area contributed by atoms with Crippen molar-refractivity contribution in [3.63, 3.8) is 0 Å². The van der Waals surface area contributed by atoms with Gasteiger partial charge in [0.1, 0.15) is 0 Å². The molecule has 0 saturated carbocycles. The Morgan fingerprint density at radius 3 is 2.17 bits per heavy atom. The first-order valence-corrected chi connectivity index (χ1v) is 6.91. The Morgan fingerprint density at radius 2 is 1.57 bits per heavy atom. The van der Waals surface area contributed by atoms with E-state index < -0.39 is 6.10 Å². The third-order valence-corrected chi connectivity index (χ3v) is 3.47. The van der Waals surface area contributed by atoms with Crippen molar-refractivity contribution < 1.29 is 29.6 Å². The van der Waals surface area contributed by atoms with Crippen LogP contribution >= 0.6 is 0 Å². The number of ether oxygens (including phenoxy) is 2. The van der Waals surface area contributed by atoms with Gasteiger partial charge in [0.15, 0.2) is 28.8 Å². The fraction of sp³-hybridized carbons (Fsp3) is 0.235. The molecule has 0 aliphatic carbocycles. The molecular formula is C17H18O6. The monoisotopic (exact) mass is 318 g/mol. The maximum absolute atomic E-state index is 12.3. The summed E-state index contributed by atoms with van der Waals surface area (Å²) in [6, 6.07) is 8.64. The zero-order chi connectivity index (χ0) is 17.0. The molecule has 0 aliphatic heterocycles. The molecule has 0 aromatic heterocycles.